The summed E-state index contributed by atoms with van der Waals surface area (Å²) in [6, 6.07) is 108. The van der Waals surface area contributed by atoms with Gasteiger partial charge >= 0.3 is 0 Å². The maximum absolute atomic E-state index is 9.52. The molecule has 0 radical (unpaired) electrons. The minimum atomic E-state index is -0.781. The van der Waals surface area contributed by atoms with Gasteiger partial charge in [0.2, 0.25) is 0 Å². The van der Waals surface area contributed by atoms with Gasteiger partial charge in [0.15, 0.2) is 0 Å². The molecule has 0 atom stereocenters. The van der Waals surface area contributed by atoms with E-state index in [1.165, 1.54) is 22.3 Å². The summed E-state index contributed by atoms with van der Waals surface area (Å²) in [5, 5.41) is 0.561. The summed E-state index contributed by atoms with van der Waals surface area (Å²) < 4.78 is 45.8. The van der Waals surface area contributed by atoms with Gasteiger partial charge in [-0.25, -0.2) is 0 Å². The zero-order valence-corrected chi connectivity index (χ0v) is 52.5. The van der Waals surface area contributed by atoms with E-state index in [1.54, 1.807) is 0 Å². The molecule has 14 aromatic carbocycles. The lowest BCUT2D eigenvalue weighted by atomic mass is 9.33. The summed E-state index contributed by atoms with van der Waals surface area (Å²) in [5.74, 6) is 0. The second-order valence-corrected chi connectivity index (χ2v) is 26.0. The molecular formula is C89H64BClN2. The minimum Gasteiger partial charge on any atom is -0.310 e. The summed E-state index contributed by atoms with van der Waals surface area (Å²) in [6.07, 6.45) is 0. The van der Waals surface area contributed by atoms with E-state index in [1.807, 2.05) is 12.1 Å². The smallest absolute Gasteiger partial charge is 0.252 e. The molecule has 17 rings (SSSR count). The zero-order valence-electron chi connectivity index (χ0n) is 56.7. The van der Waals surface area contributed by atoms with Crippen LogP contribution in [-0.2, 0) is 10.8 Å². The Morgan fingerprint density at radius 3 is 1.35 bits per heavy atom. The number of rotatable bonds is 10. The number of nitrogens with zero attached hydrogens (tertiary/aromatic N) is 2. The Hall–Kier alpha value is -11.0. The highest BCUT2D eigenvalue weighted by Crippen LogP contribution is 2.61. The Balaban J connectivity index is 1.09. The number of benzene rings is 14. The maximum Gasteiger partial charge on any atom is 0.252 e. The third kappa shape index (κ3) is 9.09. The van der Waals surface area contributed by atoms with E-state index in [2.05, 4.69) is 322 Å². The van der Waals surface area contributed by atoms with Crippen LogP contribution in [0.25, 0.3) is 77.9 Å². The zero-order chi connectivity index (χ0) is 66.7. The van der Waals surface area contributed by atoms with Crippen LogP contribution in [0.3, 0.4) is 0 Å². The van der Waals surface area contributed by atoms with Crippen LogP contribution in [0.15, 0.2) is 334 Å². The van der Waals surface area contributed by atoms with Crippen LogP contribution in [0.5, 0.6) is 0 Å². The number of hydrogen-bond acceptors (Lipinski definition) is 2. The lowest BCUT2D eigenvalue weighted by Gasteiger charge is -2.46. The number of hydrogen-bond donors (Lipinski definition) is 0. The summed E-state index contributed by atoms with van der Waals surface area (Å²) in [4.78, 5) is 5.00. The first-order valence-electron chi connectivity index (χ1n) is 34.5. The van der Waals surface area contributed by atoms with Crippen molar-refractivity contribution < 1.29 is 6.85 Å². The largest absolute Gasteiger partial charge is 0.310 e. The van der Waals surface area contributed by atoms with Crippen molar-refractivity contribution in [2.24, 2.45) is 0 Å². The summed E-state index contributed by atoms with van der Waals surface area (Å²) in [7, 11) is 0. The standard InChI is InChI=1S/C89H64BClN2/c1-88(2,3)68-56-75(62-35-17-7-18-36-62)87(76(57-68)63-37-19-8-20-38-63)93-81-58-69(91)50-51-78(81)90-79-53-64(59-29-11-4-12-30-59)49-52-80(79)92(86-71(60-31-13-5-14-32-60)45-28-46-72(86)61-33-15-6-16-34-61)82-54-65(55-83(93)85(82)90)70-44-27-47-74-73-43-25-26-48-77(73)89(84(70)74,66-39-21-9-22-40-66)67-41-23-10-24-42-67/h4-58H,1-3H3/i4D,11D,12D,29D,30D. The van der Waals surface area contributed by atoms with Crippen LogP contribution in [0.1, 0.15) is 55.4 Å². The van der Waals surface area contributed by atoms with Gasteiger partial charge < -0.3 is 9.80 Å². The van der Waals surface area contributed by atoms with E-state index in [0.29, 0.717) is 10.6 Å². The normalized spacial score (nSPS) is 13.9. The highest BCUT2D eigenvalue weighted by molar-refractivity contribution is 7.00. The monoisotopic (exact) mass is 1210 g/mol. The SMILES string of the molecule is [2H]c1c([2H])c([2H])c(-c2ccc3c(c2)B2c4ccc(Cl)cc4N(c4c(-c5ccccc5)cc(C(C)(C)C)cc4-c4ccccc4)c4cc(-c5cccc6c5C(c5ccccc5)(c5ccccc5)c5ccccc5-6)cc(c42)N3c2c(-c3ccccc3)cccc2-c2ccccc2)c([2H])c1[2H]. The number of fused-ring (bicyclic) bond motifs is 7. The third-order valence-corrected chi connectivity index (χ3v) is 19.6. The predicted octanol–water partition coefficient (Wildman–Crippen LogP) is 22.1. The van der Waals surface area contributed by atoms with E-state index >= 15 is 0 Å². The second-order valence-electron chi connectivity index (χ2n) is 25.6. The van der Waals surface area contributed by atoms with Crippen molar-refractivity contribution in [1.29, 1.82) is 0 Å². The van der Waals surface area contributed by atoms with E-state index in [0.717, 1.165) is 123 Å². The molecular weight excluding hydrogens is 1140 g/mol. The number of halogens is 1. The molecule has 1 aliphatic carbocycles. The van der Waals surface area contributed by atoms with E-state index in [4.69, 9.17) is 15.7 Å². The molecule has 0 N–H and O–H groups in total. The van der Waals surface area contributed by atoms with Crippen molar-refractivity contribution in [2.75, 3.05) is 9.80 Å². The predicted molar refractivity (Wildman–Crippen MR) is 394 cm³/mol. The van der Waals surface area contributed by atoms with Gasteiger partial charge in [-0.3, -0.25) is 0 Å². The van der Waals surface area contributed by atoms with Crippen molar-refractivity contribution in [1.82, 2.24) is 0 Å². The molecule has 0 amide bonds. The van der Waals surface area contributed by atoms with Gasteiger partial charge in [0, 0.05) is 50.0 Å². The minimum absolute atomic E-state index is 0.133. The van der Waals surface area contributed by atoms with E-state index in [-0.39, 0.29) is 23.1 Å². The van der Waals surface area contributed by atoms with Gasteiger partial charge in [-0.2, -0.15) is 0 Å². The van der Waals surface area contributed by atoms with Crippen LogP contribution in [0, 0.1) is 0 Å². The molecule has 4 heteroatoms. The third-order valence-electron chi connectivity index (χ3n) is 19.4. The summed E-state index contributed by atoms with van der Waals surface area (Å²) in [6.45, 7) is 6.34. The fourth-order valence-electron chi connectivity index (χ4n) is 15.4. The Labute approximate surface area is 558 Å². The number of para-hydroxylation sites is 1. The van der Waals surface area contributed by atoms with Gasteiger partial charge in [0.25, 0.3) is 6.71 Å². The van der Waals surface area contributed by atoms with Crippen molar-refractivity contribution in [3.05, 3.63) is 366 Å². The highest BCUT2D eigenvalue weighted by Gasteiger charge is 2.50. The van der Waals surface area contributed by atoms with Crippen LogP contribution >= 0.6 is 11.6 Å². The van der Waals surface area contributed by atoms with Crippen molar-refractivity contribution in [2.45, 2.75) is 31.6 Å². The van der Waals surface area contributed by atoms with Crippen LogP contribution in [-0.4, -0.2) is 6.71 Å². The Morgan fingerprint density at radius 1 is 0.344 bits per heavy atom. The van der Waals surface area contributed by atoms with Crippen LogP contribution in [0.2, 0.25) is 5.02 Å². The van der Waals surface area contributed by atoms with Crippen LogP contribution < -0.4 is 26.2 Å². The summed E-state index contributed by atoms with van der Waals surface area (Å²) >= 11 is 7.58. The van der Waals surface area contributed by atoms with Crippen molar-refractivity contribution in [3.63, 3.8) is 0 Å². The molecule has 2 aliphatic heterocycles. The number of anilines is 6. The molecule has 0 bridgehead atoms. The van der Waals surface area contributed by atoms with Gasteiger partial charge in [0.1, 0.15) is 0 Å². The molecule has 0 unspecified atom stereocenters. The lowest BCUT2D eigenvalue weighted by Crippen LogP contribution is -2.61. The van der Waals surface area contributed by atoms with Gasteiger partial charge in [-0.1, -0.05) is 323 Å². The van der Waals surface area contributed by atoms with Crippen molar-refractivity contribution >= 4 is 68.8 Å². The molecule has 0 saturated carbocycles. The summed E-state index contributed by atoms with van der Waals surface area (Å²) in [5.41, 5.74) is 26.5. The first-order chi connectivity index (χ1) is 47.8. The molecule has 14 aromatic rings. The van der Waals surface area contributed by atoms with Crippen LogP contribution in [0.4, 0.5) is 34.1 Å². The van der Waals surface area contributed by atoms with Gasteiger partial charge in [0.05, 0.1) is 23.6 Å². The van der Waals surface area contributed by atoms with Crippen molar-refractivity contribution in [3.8, 4) is 77.9 Å². The lowest BCUT2D eigenvalue weighted by molar-refractivity contribution is 0.591. The topological polar surface area (TPSA) is 6.48 Å². The van der Waals surface area contributed by atoms with Gasteiger partial charge in [-0.05, 0) is 148 Å². The molecule has 93 heavy (non-hydrogen) atoms. The Bertz CT molecular complexity index is 5330. The maximum atomic E-state index is 9.52. The fraction of sp³-hybridized carbons (Fsp3) is 0.0562. The Kier molecular flexibility index (Phi) is 12.3. The molecule has 2 nitrogen and oxygen atoms in total. The average Bonchev–Trinajstić information content (AvgIpc) is 1.14. The molecule has 0 fully saturated rings. The fourth-order valence-corrected chi connectivity index (χ4v) is 15.5. The average molecular weight is 1210 g/mol. The Morgan fingerprint density at radius 2 is 0.806 bits per heavy atom. The first kappa shape index (κ1) is 50.7. The molecule has 3 aliphatic rings. The van der Waals surface area contributed by atoms with E-state index < -0.39 is 30.3 Å². The highest BCUT2D eigenvalue weighted by atomic mass is 35.5. The molecule has 440 valence electrons. The molecule has 0 spiro atoms. The molecule has 2 heterocycles. The molecule has 0 aromatic heterocycles. The van der Waals surface area contributed by atoms with E-state index in [9.17, 15) is 2.74 Å². The second kappa shape index (κ2) is 22.5. The first-order valence-corrected chi connectivity index (χ1v) is 32.3. The van der Waals surface area contributed by atoms with Gasteiger partial charge in [-0.15, -0.1) is 0 Å². The molecule has 0 saturated heterocycles. The quantitative estimate of drug-likeness (QED) is 0.126.